The first kappa shape index (κ1) is 6.25. The van der Waals surface area contributed by atoms with E-state index in [1.54, 1.807) is 6.20 Å². The molecule has 0 radical (unpaired) electrons. The van der Waals surface area contributed by atoms with Crippen LogP contribution in [0.5, 0.6) is 0 Å². The number of aromatic nitrogens is 2. The van der Waals surface area contributed by atoms with Gasteiger partial charge in [0.15, 0.2) is 6.29 Å². The maximum atomic E-state index is 8.43. The standard InChI is InChI=1S/C5H8N2O2/c8-5(9)1-4-2-6-3-7-4/h2-3,5,8-9H,1H2,(H,6,7). The molecular weight excluding hydrogens is 120 g/mol. The van der Waals surface area contributed by atoms with E-state index in [0.29, 0.717) is 0 Å². The zero-order valence-electron chi connectivity index (χ0n) is 4.78. The molecule has 4 nitrogen and oxygen atoms in total. The van der Waals surface area contributed by atoms with E-state index in [-0.39, 0.29) is 6.42 Å². The van der Waals surface area contributed by atoms with Crippen LogP contribution in [0.25, 0.3) is 0 Å². The van der Waals surface area contributed by atoms with Gasteiger partial charge in [-0.2, -0.15) is 0 Å². The molecule has 1 heterocycles. The SMILES string of the molecule is OC(O)Cc1cnc[nH]1. The summed E-state index contributed by atoms with van der Waals surface area (Å²) in [6.45, 7) is 0. The third-order valence-corrected chi connectivity index (χ3v) is 0.957. The van der Waals surface area contributed by atoms with E-state index in [4.69, 9.17) is 10.2 Å². The van der Waals surface area contributed by atoms with E-state index in [0.717, 1.165) is 5.69 Å². The number of aliphatic hydroxyl groups is 2. The highest BCUT2D eigenvalue weighted by atomic mass is 16.5. The van der Waals surface area contributed by atoms with Crippen LogP contribution in [-0.4, -0.2) is 26.5 Å². The van der Waals surface area contributed by atoms with Crippen molar-refractivity contribution in [2.24, 2.45) is 0 Å². The lowest BCUT2D eigenvalue weighted by Crippen LogP contribution is -2.08. The molecule has 0 aromatic carbocycles. The quantitative estimate of drug-likeness (QED) is 0.459. The number of H-pyrrole nitrogens is 1. The van der Waals surface area contributed by atoms with Crippen LogP contribution < -0.4 is 0 Å². The topological polar surface area (TPSA) is 69.1 Å². The smallest absolute Gasteiger partial charge is 0.157 e. The van der Waals surface area contributed by atoms with Gasteiger partial charge in [-0.1, -0.05) is 0 Å². The Morgan fingerprint density at radius 1 is 1.67 bits per heavy atom. The van der Waals surface area contributed by atoms with Crippen molar-refractivity contribution >= 4 is 0 Å². The van der Waals surface area contributed by atoms with Crippen molar-refractivity contribution in [2.45, 2.75) is 12.7 Å². The van der Waals surface area contributed by atoms with Crippen LogP contribution in [0.3, 0.4) is 0 Å². The molecule has 0 atom stereocenters. The highest BCUT2D eigenvalue weighted by Gasteiger charge is 1.99. The fourth-order valence-electron chi connectivity index (χ4n) is 0.593. The number of hydrogen-bond acceptors (Lipinski definition) is 3. The highest BCUT2D eigenvalue weighted by molar-refractivity contribution is 4.94. The van der Waals surface area contributed by atoms with E-state index in [1.807, 2.05) is 0 Å². The minimum atomic E-state index is -1.29. The number of nitrogens with one attached hydrogen (secondary N) is 1. The Kier molecular flexibility index (Phi) is 1.81. The number of imidazole rings is 1. The molecule has 3 N–H and O–H groups in total. The lowest BCUT2D eigenvalue weighted by molar-refractivity contribution is -0.0387. The molecule has 1 aromatic rings. The first-order valence-electron chi connectivity index (χ1n) is 2.62. The maximum Gasteiger partial charge on any atom is 0.157 e. The van der Waals surface area contributed by atoms with E-state index in [2.05, 4.69) is 9.97 Å². The third-order valence-electron chi connectivity index (χ3n) is 0.957. The van der Waals surface area contributed by atoms with Crippen molar-refractivity contribution in [2.75, 3.05) is 0 Å². The first-order chi connectivity index (χ1) is 4.29. The van der Waals surface area contributed by atoms with Gasteiger partial charge in [0.1, 0.15) is 0 Å². The third kappa shape index (κ3) is 1.83. The molecule has 0 spiro atoms. The highest BCUT2D eigenvalue weighted by Crippen LogP contribution is 1.93. The van der Waals surface area contributed by atoms with Crippen LogP contribution in [0, 0.1) is 0 Å². The van der Waals surface area contributed by atoms with Crippen molar-refractivity contribution in [3.05, 3.63) is 18.2 Å². The van der Waals surface area contributed by atoms with Gasteiger partial charge >= 0.3 is 0 Å². The second-order valence-corrected chi connectivity index (χ2v) is 1.76. The van der Waals surface area contributed by atoms with E-state index < -0.39 is 6.29 Å². The molecule has 0 bridgehead atoms. The van der Waals surface area contributed by atoms with Crippen molar-refractivity contribution in [1.29, 1.82) is 0 Å². The Labute approximate surface area is 52.2 Å². The summed E-state index contributed by atoms with van der Waals surface area (Å²) >= 11 is 0. The lowest BCUT2D eigenvalue weighted by atomic mass is 10.3. The summed E-state index contributed by atoms with van der Waals surface area (Å²) < 4.78 is 0. The Bertz CT molecular complexity index is 159. The summed E-state index contributed by atoms with van der Waals surface area (Å²) in [6.07, 6.45) is 1.97. The van der Waals surface area contributed by atoms with Crippen LogP contribution in [-0.2, 0) is 6.42 Å². The van der Waals surface area contributed by atoms with E-state index in [1.165, 1.54) is 6.33 Å². The van der Waals surface area contributed by atoms with Gasteiger partial charge in [0, 0.05) is 18.3 Å². The van der Waals surface area contributed by atoms with E-state index in [9.17, 15) is 0 Å². The maximum absolute atomic E-state index is 8.43. The van der Waals surface area contributed by atoms with Gasteiger partial charge in [0.2, 0.25) is 0 Å². The molecule has 0 unspecified atom stereocenters. The number of rotatable bonds is 2. The fraction of sp³-hybridized carbons (Fsp3) is 0.400. The molecule has 1 rings (SSSR count). The summed E-state index contributed by atoms with van der Waals surface area (Å²) in [5, 5.41) is 16.9. The first-order valence-corrected chi connectivity index (χ1v) is 2.62. The molecule has 50 valence electrons. The number of aliphatic hydroxyl groups excluding tert-OH is 1. The molecule has 0 amide bonds. The normalized spacial score (nSPS) is 10.6. The fourth-order valence-corrected chi connectivity index (χ4v) is 0.593. The monoisotopic (exact) mass is 128 g/mol. The molecule has 1 aromatic heterocycles. The number of hydrogen-bond donors (Lipinski definition) is 3. The average molecular weight is 128 g/mol. The Morgan fingerprint density at radius 2 is 2.44 bits per heavy atom. The predicted molar refractivity (Wildman–Crippen MR) is 30.5 cm³/mol. The Morgan fingerprint density at radius 3 is 2.89 bits per heavy atom. The molecule has 0 saturated carbocycles. The van der Waals surface area contributed by atoms with Gasteiger partial charge in [-0.25, -0.2) is 4.98 Å². The van der Waals surface area contributed by atoms with Crippen LogP contribution in [0.2, 0.25) is 0 Å². The van der Waals surface area contributed by atoms with E-state index >= 15 is 0 Å². The number of aromatic amines is 1. The second kappa shape index (κ2) is 2.61. The largest absolute Gasteiger partial charge is 0.368 e. The van der Waals surface area contributed by atoms with Crippen LogP contribution >= 0.6 is 0 Å². The molecule has 0 fully saturated rings. The van der Waals surface area contributed by atoms with Crippen molar-refractivity contribution in [3.63, 3.8) is 0 Å². The molecule has 0 aliphatic heterocycles. The van der Waals surface area contributed by atoms with Crippen molar-refractivity contribution in [3.8, 4) is 0 Å². The zero-order chi connectivity index (χ0) is 6.69. The Balaban J connectivity index is 2.48. The summed E-state index contributed by atoms with van der Waals surface area (Å²) in [5.41, 5.74) is 0.727. The van der Waals surface area contributed by atoms with Gasteiger partial charge in [0.05, 0.1) is 6.33 Å². The lowest BCUT2D eigenvalue weighted by Gasteiger charge is -1.97. The molecule has 9 heavy (non-hydrogen) atoms. The Hall–Kier alpha value is -0.870. The summed E-state index contributed by atoms with van der Waals surface area (Å²) in [6, 6.07) is 0. The van der Waals surface area contributed by atoms with Crippen LogP contribution in [0.15, 0.2) is 12.5 Å². The minimum Gasteiger partial charge on any atom is -0.368 e. The van der Waals surface area contributed by atoms with Gasteiger partial charge in [-0.15, -0.1) is 0 Å². The molecule has 0 aliphatic carbocycles. The van der Waals surface area contributed by atoms with Gasteiger partial charge in [-0.05, 0) is 0 Å². The van der Waals surface area contributed by atoms with Crippen LogP contribution in [0.4, 0.5) is 0 Å². The second-order valence-electron chi connectivity index (χ2n) is 1.76. The van der Waals surface area contributed by atoms with Gasteiger partial charge < -0.3 is 15.2 Å². The molecule has 4 heteroatoms. The number of nitrogens with zero attached hydrogens (tertiary/aromatic N) is 1. The summed E-state index contributed by atoms with van der Waals surface area (Å²) in [5.74, 6) is 0. The van der Waals surface area contributed by atoms with Gasteiger partial charge in [0.25, 0.3) is 0 Å². The van der Waals surface area contributed by atoms with Crippen molar-refractivity contribution in [1.82, 2.24) is 9.97 Å². The predicted octanol–water partition coefficient (Wildman–Crippen LogP) is -0.737. The van der Waals surface area contributed by atoms with Gasteiger partial charge in [-0.3, -0.25) is 0 Å². The molecule has 0 aliphatic rings. The van der Waals surface area contributed by atoms with Crippen molar-refractivity contribution < 1.29 is 10.2 Å². The summed E-state index contributed by atoms with van der Waals surface area (Å²) in [7, 11) is 0. The zero-order valence-corrected chi connectivity index (χ0v) is 4.78. The summed E-state index contributed by atoms with van der Waals surface area (Å²) in [4.78, 5) is 6.43. The molecule has 0 saturated heterocycles. The average Bonchev–Trinajstić information content (AvgIpc) is 2.15. The van der Waals surface area contributed by atoms with Crippen LogP contribution in [0.1, 0.15) is 5.69 Å². The minimum absolute atomic E-state index is 0.208. The molecular formula is C5H8N2O2.